The number of rotatable bonds is 6. The number of hydrogen-bond acceptors (Lipinski definition) is 5. The van der Waals surface area contributed by atoms with Crippen molar-refractivity contribution < 1.29 is 13.2 Å². The Bertz CT molecular complexity index is 1060. The molecule has 2 heterocycles. The van der Waals surface area contributed by atoms with Crippen LogP contribution in [0.25, 0.3) is 0 Å². The Hall–Kier alpha value is -2.58. The summed E-state index contributed by atoms with van der Waals surface area (Å²) < 4.78 is 29.2. The summed E-state index contributed by atoms with van der Waals surface area (Å²) in [6.45, 7) is 8.86. The van der Waals surface area contributed by atoms with Crippen LogP contribution in [-0.2, 0) is 10.0 Å². The van der Waals surface area contributed by atoms with E-state index in [2.05, 4.69) is 28.8 Å². The van der Waals surface area contributed by atoms with Gasteiger partial charge in [0.1, 0.15) is 0 Å². The first kappa shape index (κ1) is 22.6. The molecule has 32 heavy (non-hydrogen) atoms. The summed E-state index contributed by atoms with van der Waals surface area (Å²) in [5.74, 6) is 0.281. The average molecular weight is 457 g/mol. The molecule has 0 bridgehead atoms. The van der Waals surface area contributed by atoms with Crippen LogP contribution in [0, 0.1) is 0 Å². The smallest absolute Gasteiger partial charge is 0.261 e. The quantitative estimate of drug-likeness (QED) is 0.697. The molecule has 1 amide bonds. The number of sulfonamides is 1. The number of carbonyl (C=O) groups excluding carboxylic acids is 1. The summed E-state index contributed by atoms with van der Waals surface area (Å²) in [6.07, 6.45) is 2.02. The Morgan fingerprint density at radius 2 is 1.62 bits per heavy atom. The Labute approximate surface area is 190 Å². The maximum atomic E-state index is 13.2. The molecule has 0 unspecified atom stereocenters. The van der Waals surface area contributed by atoms with Gasteiger partial charge in [0.2, 0.25) is 0 Å². The molecular formula is C24H32N4O3S. The number of likely N-dealkylation sites (tertiary alicyclic amines) is 1. The molecular weight excluding hydrogens is 424 g/mol. The van der Waals surface area contributed by atoms with Crippen LogP contribution in [-0.4, -0.2) is 58.5 Å². The van der Waals surface area contributed by atoms with Crippen LogP contribution in [0.5, 0.6) is 0 Å². The number of nitrogens with zero attached hydrogens (tertiary/aromatic N) is 2. The summed E-state index contributed by atoms with van der Waals surface area (Å²) >= 11 is 0. The molecule has 0 aliphatic carbocycles. The molecule has 2 N–H and O–H groups in total. The van der Waals surface area contributed by atoms with Crippen molar-refractivity contribution in [2.24, 2.45) is 0 Å². The molecule has 2 aromatic carbocycles. The third-order valence-electron chi connectivity index (χ3n) is 6.20. The van der Waals surface area contributed by atoms with E-state index in [-0.39, 0.29) is 10.8 Å². The Kier molecular flexibility index (Phi) is 6.71. The van der Waals surface area contributed by atoms with E-state index >= 15 is 0 Å². The third-order valence-corrected chi connectivity index (χ3v) is 7.58. The van der Waals surface area contributed by atoms with Gasteiger partial charge in [-0.3, -0.25) is 9.52 Å². The minimum Gasteiger partial charge on any atom is -0.367 e. The molecule has 2 aliphatic rings. The van der Waals surface area contributed by atoms with E-state index in [0.717, 1.165) is 63.4 Å². The summed E-state index contributed by atoms with van der Waals surface area (Å²) in [7, 11) is -3.80. The van der Waals surface area contributed by atoms with E-state index in [1.807, 2.05) is 29.2 Å². The number of carbonyl (C=O) groups is 1. The van der Waals surface area contributed by atoms with Gasteiger partial charge in [-0.05, 0) is 54.7 Å². The van der Waals surface area contributed by atoms with Crippen molar-refractivity contribution in [2.45, 2.75) is 37.5 Å². The zero-order chi connectivity index (χ0) is 22.7. The molecule has 0 atom stereocenters. The van der Waals surface area contributed by atoms with Crippen LogP contribution in [0.3, 0.4) is 0 Å². The predicted molar refractivity (Wildman–Crippen MR) is 128 cm³/mol. The lowest BCUT2D eigenvalue weighted by molar-refractivity contribution is 0.0793. The van der Waals surface area contributed by atoms with E-state index in [1.54, 1.807) is 18.2 Å². The van der Waals surface area contributed by atoms with Crippen LogP contribution in [0.4, 0.5) is 11.4 Å². The van der Waals surface area contributed by atoms with Gasteiger partial charge in [-0.1, -0.05) is 26.0 Å². The van der Waals surface area contributed by atoms with E-state index in [1.165, 1.54) is 0 Å². The van der Waals surface area contributed by atoms with Crippen molar-refractivity contribution in [3.05, 3.63) is 53.6 Å². The molecule has 4 rings (SSSR count). The monoisotopic (exact) mass is 456 g/mol. The fraction of sp³-hybridized carbons (Fsp3) is 0.458. The van der Waals surface area contributed by atoms with Gasteiger partial charge in [-0.15, -0.1) is 0 Å². The number of nitrogens with one attached hydrogen (secondary N) is 2. The minimum absolute atomic E-state index is 0.0453. The number of amides is 1. The first-order chi connectivity index (χ1) is 15.3. The van der Waals surface area contributed by atoms with E-state index in [9.17, 15) is 13.2 Å². The fourth-order valence-corrected chi connectivity index (χ4v) is 5.34. The summed E-state index contributed by atoms with van der Waals surface area (Å²) in [5, 5.41) is 3.32. The average Bonchev–Trinajstić information content (AvgIpc) is 3.34. The molecule has 172 valence electrons. The molecule has 0 radical (unpaired) electrons. The van der Waals surface area contributed by atoms with Gasteiger partial charge in [-0.25, -0.2) is 8.42 Å². The first-order valence-corrected chi connectivity index (χ1v) is 12.9. The Balaban J connectivity index is 1.67. The fourth-order valence-electron chi connectivity index (χ4n) is 4.27. The lowest BCUT2D eigenvalue weighted by atomic mass is 10.0. The van der Waals surface area contributed by atoms with Crippen molar-refractivity contribution in [1.82, 2.24) is 10.2 Å². The second kappa shape index (κ2) is 9.50. The van der Waals surface area contributed by atoms with Gasteiger partial charge >= 0.3 is 0 Å². The molecule has 0 saturated carbocycles. The molecule has 8 heteroatoms. The van der Waals surface area contributed by atoms with Crippen LogP contribution in [0.2, 0.25) is 0 Å². The molecule has 2 aliphatic heterocycles. The van der Waals surface area contributed by atoms with E-state index < -0.39 is 10.0 Å². The Morgan fingerprint density at radius 3 is 2.25 bits per heavy atom. The number of piperazine rings is 1. The molecule has 0 aromatic heterocycles. The molecule has 2 fully saturated rings. The minimum atomic E-state index is -3.80. The predicted octanol–water partition coefficient (Wildman–Crippen LogP) is 3.26. The summed E-state index contributed by atoms with van der Waals surface area (Å²) in [4.78, 5) is 17.2. The van der Waals surface area contributed by atoms with Crippen LogP contribution in [0.15, 0.2) is 47.4 Å². The number of anilines is 2. The summed E-state index contributed by atoms with van der Waals surface area (Å²) in [6, 6.07) is 12.4. The molecule has 7 nitrogen and oxygen atoms in total. The summed E-state index contributed by atoms with van der Waals surface area (Å²) in [5.41, 5.74) is 2.85. The van der Waals surface area contributed by atoms with Gasteiger partial charge in [0, 0.05) is 44.8 Å². The van der Waals surface area contributed by atoms with Crippen molar-refractivity contribution in [3.8, 4) is 0 Å². The van der Waals surface area contributed by atoms with Gasteiger partial charge in [0.15, 0.2) is 0 Å². The molecule has 0 spiro atoms. The normalized spacial score (nSPS) is 17.1. The SMILES string of the molecule is CC(C)c1ccc(S(=O)(=O)Nc2cc(C(=O)N3CCCC3)ccc2N2CCNCC2)cc1. The largest absolute Gasteiger partial charge is 0.367 e. The Morgan fingerprint density at radius 1 is 0.969 bits per heavy atom. The van der Waals surface area contributed by atoms with Crippen LogP contribution in [0.1, 0.15) is 48.5 Å². The lowest BCUT2D eigenvalue weighted by Crippen LogP contribution is -2.43. The highest BCUT2D eigenvalue weighted by atomic mass is 32.2. The highest BCUT2D eigenvalue weighted by molar-refractivity contribution is 7.92. The topological polar surface area (TPSA) is 81.8 Å². The third kappa shape index (κ3) is 4.91. The van der Waals surface area contributed by atoms with Gasteiger partial charge in [0.25, 0.3) is 15.9 Å². The zero-order valence-corrected chi connectivity index (χ0v) is 19.6. The maximum Gasteiger partial charge on any atom is 0.261 e. The van der Waals surface area contributed by atoms with Crippen LogP contribution < -0.4 is 14.9 Å². The van der Waals surface area contributed by atoms with Gasteiger partial charge in [0.05, 0.1) is 16.3 Å². The van der Waals surface area contributed by atoms with Gasteiger partial charge in [-0.2, -0.15) is 0 Å². The highest BCUT2D eigenvalue weighted by Crippen LogP contribution is 2.31. The maximum absolute atomic E-state index is 13.2. The zero-order valence-electron chi connectivity index (χ0n) is 18.8. The molecule has 2 aromatic rings. The molecule has 2 saturated heterocycles. The number of benzene rings is 2. The van der Waals surface area contributed by atoms with Crippen molar-refractivity contribution in [1.29, 1.82) is 0 Å². The van der Waals surface area contributed by atoms with E-state index in [0.29, 0.717) is 17.2 Å². The van der Waals surface area contributed by atoms with Gasteiger partial charge < -0.3 is 15.1 Å². The number of hydrogen-bond donors (Lipinski definition) is 2. The first-order valence-electron chi connectivity index (χ1n) is 11.4. The standard InChI is InChI=1S/C24H32N4O3S/c1-18(2)19-5-8-21(9-6-19)32(30,31)26-22-17-20(24(29)28-13-3-4-14-28)7-10-23(22)27-15-11-25-12-16-27/h5-10,17-18,25-26H,3-4,11-16H2,1-2H3. The van der Waals surface area contributed by atoms with E-state index in [4.69, 9.17) is 0 Å². The lowest BCUT2D eigenvalue weighted by Gasteiger charge is -2.31. The van der Waals surface area contributed by atoms with Crippen molar-refractivity contribution >= 4 is 27.3 Å². The van der Waals surface area contributed by atoms with Crippen molar-refractivity contribution in [3.63, 3.8) is 0 Å². The second-order valence-electron chi connectivity index (χ2n) is 8.80. The van der Waals surface area contributed by atoms with Crippen LogP contribution >= 0.6 is 0 Å². The second-order valence-corrected chi connectivity index (χ2v) is 10.5. The highest BCUT2D eigenvalue weighted by Gasteiger charge is 2.24. The van der Waals surface area contributed by atoms with Crippen molar-refractivity contribution in [2.75, 3.05) is 48.9 Å².